The Bertz CT molecular complexity index is 1660. The van der Waals surface area contributed by atoms with Crippen molar-refractivity contribution in [1.29, 1.82) is 0 Å². The summed E-state index contributed by atoms with van der Waals surface area (Å²) >= 11 is 0. The number of nitrogens with one attached hydrogen (secondary N) is 1. The fraction of sp³-hybridized carbons (Fsp3) is 0.308. The van der Waals surface area contributed by atoms with Crippen molar-refractivity contribution < 1.29 is 46.4 Å². The first-order valence-corrected chi connectivity index (χ1v) is 12.4. The van der Waals surface area contributed by atoms with Gasteiger partial charge in [-0.25, -0.2) is 18.6 Å². The largest absolute Gasteiger partial charge is 0.480 e. The molecule has 1 atom stereocenters. The van der Waals surface area contributed by atoms with E-state index in [1.165, 1.54) is 12.1 Å². The molecule has 0 aliphatic rings. The molecule has 11 nitrogen and oxygen atoms in total. The topological polar surface area (TPSA) is 141 Å². The summed E-state index contributed by atoms with van der Waals surface area (Å²) in [7, 11) is 0. The molecule has 0 saturated heterocycles. The van der Waals surface area contributed by atoms with Crippen molar-refractivity contribution in [2.45, 2.75) is 39.3 Å². The molecule has 4 rings (SSSR count). The summed E-state index contributed by atoms with van der Waals surface area (Å²) in [5, 5.41) is 24.6. The van der Waals surface area contributed by atoms with Crippen molar-refractivity contribution >= 4 is 16.7 Å². The molecule has 2 heterocycles. The van der Waals surface area contributed by atoms with Crippen LogP contribution >= 0.6 is 0 Å². The third-order valence-electron chi connectivity index (χ3n) is 6.04. The number of halogens is 5. The van der Waals surface area contributed by atoms with Gasteiger partial charge in [-0.05, 0) is 43.5 Å². The highest BCUT2D eigenvalue weighted by atomic mass is 19.4. The van der Waals surface area contributed by atoms with Crippen molar-refractivity contribution in [3.05, 3.63) is 70.0 Å². The summed E-state index contributed by atoms with van der Waals surface area (Å²) < 4.78 is 82.9. The number of nitrogens with zero attached hydrogens (tertiary/aromatic N) is 4. The van der Waals surface area contributed by atoms with E-state index in [-0.39, 0.29) is 35.4 Å². The Hall–Kier alpha value is -4.57. The molecule has 4 aromatic rings. The number of fused-ring (bicyclic) bond motifs is 1. The van der Waals surface area contributed by atoms with Crippen LogP contribution in [-0.2, 0) is 13.2 Å². The van der Waals surface area contributed by atoms with Gasteiger partial charge in [0.2, 0.25) is 11.6 Å². The van der Waals surface area contributed by atoms with Crippen LogP contribution in [0.3, 0.4) is 0 Å². The SMILES string of the molecule is CCn1c(CO)nn(-c2cc(OC(C)C(F)(F)F)c3c(Oc4c(F)cc(C(=O)NCCO)cc4F)nccc3c2)c1=O. The van der Waals surface area contributed by atoms with E-state index in [2.05, 4.69) is 15.4 Å². The number of carbonyl (C=O) groups is 1. The van der Waals surface area contributed by atoms with Gasteiger partial charge in [-0.15, -0.1) is 5.10 Å². The highest BCUT2D eigenvalue weighted by Crippen LogP contribution is 2.39. The van der Waals surface area contributed by atoms with Crippen molar-refractivity contribution in [2.75, 3.05) is 13.2 Å². The smallest absolute Gasteiger partial charge is 0.425 e. The van der Waals surface area contributed by atoms with Crippen LogP contribution in [-0.4, -0.2) is 60.9 Å². The number of aliphatic hydroxyl groups excluding tert-OH is 2. The van der Waals surface area contributed by atoms with Gasteiger partial charge >= 0.3 is 11.9 Å². The number of carbonyl (C=O) groups excluding carboxylic acids is 1. The summed E-state index contributed by atoms with van der Waals surface area (Å²) in [6.07, 6.45) is -6.04. The number of aliphatic hydroxyl groups is 2. The second-order valence-corrected chi connectivity index (χ2v) is 8.82. The first-order valence-electron chi connectivity index (χ1n) is 12.4. The third kappa shape index (κ3) is 6.03. The maximum atomic E-state index is 14.9. The maximum absolute atomic E-state index is 14.9. The Morgan fingerprint density at radius 1 is 1.14 bits per heavy atom. The van der Waals surface area contributed by atoms with Gasteiger partial charge in [-0.2, -0.15) is 17.9 Å². The molecule has 0 radical (unpaired) electrons. The first kappa shape index (κ1) is 30.4. The molecule has 1 amide bonds. The van der Waals surface area contributed by atoms with Gasteiger partial charge < -0.3 is 25.0 Å². The Morgan fingerprint density at radius 3 is 2.40 bits per heavy atom. The van der Waals surface area contributed by atoms with Gasteiger partial charge in [0.1, 0.15) is 12.4 Å². The number of amides is 1. The molecule has 0 bridgehead atoms. The first-order chi connectivity index (χ1) is 19.9. The minimum Gasteiger partial charge on any atom is -0.480 e. The number of ether oxygens (including phenoxy) is 2. The molecule has 1 unspecified atom stereocenters. The molecule has 0 saturated carbocycles. The van der Waals surface area contributed by atoms with Gasteiger partial charge in [-0.1, -0.05) is 0 Å². The van der Waals surface area contributed by atoms with Crippen LogP contribution in [0.15, 0.2) is 41.3 Å². The Morgan fingerprint density at radius 2 is 1.83 bits per heavy atom. The molecule has 42 heavy (non-hydrogen) atoms. The Kier molecular flexibility index (Phi) is 8.77. The Labute approximate surface area is 233 Å². The van der Waals surface area contributed by atoms with E-state index < -0.39 is 71.7 Å². The molecule has 0 fully saturated rings. The lowest BCUT2D eigenvalue weighted by Gasteiger charge is -2.20. The molecular formula is C26H24F5N5O6. The molecule has 224 valence electrons. The van der Waals surface area contributed by atoms with E-state index in [0.717, 1.165) is 28.4 Å². The van der Waals surface area contributed by atoms with E-state index in [0.29, 0.717) is 12.1 Å². The quantitative estimate of drug-likeness (QED) is 0.237. The number of benzene rings is 2. The second-order valence-electron chi connectivity index (χ2n) is 8.82. The average Bonchev–Trinajstić information content (AvgIpc) is 3.27. The second kappa shape index (κ2) is 12.1. The van der Waals surface area contributed by atoms with E-state index in [1.54, 1.807) is 6.92 Å². The number of hydrogen-bond acceptors (Lipinski definition) is 8. The number of pyridine rings is 1. The van der Waals surface area contributed by atoms with Gasteiger partial charge in [-0.3, -0.25) is 9.36 Å². The van der Waals surface area contributed by atoms with Crippen LogP contribution in [0.5, 0.6) is 17.4 Å². The fourth-order valence-electron chi connectivity index (χ4n) is 3.98. The highest BCUT2D eigenvalue weighted by molar-refractivity contribution is 5.95. The minimum atomic E-state index is -4.82. The predicted octanol–water partition coefficient (Wildman–Crippen LogP) is 3.22. The van der Waals surface area contributed by atoms with Gasteiger partial charge in [0.05, 0.1) is 17.7 Å². The summed E-state index contributed by atoms with van der Waals surface area (Å²) in [4.78, 5) is 28.9. The van der Waals surface area contributed by atoms with Gasteiger partial charge in [0, 0.05) is 30.9 Å². The van der Waals surface area contributed by atoms with E-state index >= 15 is 0 Å². The average molecular weight is 597 g/mol. The number of alkyl halides is 3. The van der Waals surface area contributed by atoms with Crippen LogP contribution in [0.2, 0.25) is 0 Å². The van der Waals surface area contributed by atoms with Crippen molar-refractivity contribution in [1.82, 2.24) is 24.6 Å². The zero-order valence-corrected chi connectivity index (χ0v) is 22.1. The number of hydrogen-bond donors (Lipinski definition) is 3. The monoisotopic (exact) mass is 597 g/mol. The van der Waals surface area contributed by atoms with Crippen LogP contribution in [0.1, 0.15) is 30.0 Å². The summed E-state index contributed by atoms with van der Waals surface area (Å²) in [5.41, 5.74) is -1.14. The van der Waals surface area contributed by atoms with Crippen LogP contribution in [0, 0.1) is 11.6 Å². The van der Waals surface area contributed by atoms with Crippen molar-refractivity contribution in [3.63, 3.8) is 0 Å². The van der Waals surface area contributed by atoms with Gasteiger partial charge in [0.25, 0.3) is 5.91 Å². The fourth-order valence-corrected chi connectivity index (χ4v) is 3.98. The van der Waals surface area contributed by atoms with Crippen LogP contribution < -0.4 is 20.5 Å². The molecule has 0 aliphatic carbocycles. The lowest BCUT2D eigenvalue weighted by molar-refractivity contribution is -0.189. The molecule has 2 aromatic heterocycles. The molecule has 16 heteroatoms. The van der Waals surface area contributed by atoms with E-state index in [9.17, 15) is 36.6 Å². The molecule has 0 spiro atoms. The molecule has 0 aliphatic heterocycles. The zero-order chi connectivity index (χ0) is 30.8. The van der Waals surface area contributed by atoms with E-state index in [1.807, 2.05) is 0 Å². The standard InChI is InChI=1S/C26H24F5N5O6/c1-3-35-20(12-38)34-36(25(35)40)16-8-14-4-5-33-24(21(14)19(11-16)41-13(2)26(29,30)31)42-22-17(27)9-15(10-18(22)28)23(39)32-6-7-37/h4-5,8-11,13,37-38H,3,6-7,12H2,1-2H3,(H,32,39). The normalized spacial score (nSPS) is 12.4. The summed E-state index contributed by atoms with van der Waals surface area (Å²) in [6, 6.07) is 5.08. The maximum Gasteiger partial charge on any atom is 0.425 e. The van der Waals surface area contributed by atoms with Crippen molar-refractivity contribution in [3.8, 4) is 23.1 Å². The number of rotatable bonds is 10. The lowest BCUT2D eigenvalue weighted by Crippen LogP contribution is -2.31. The van der Waals surface area contributed by atoms with Crippen LogP contribution in [0.4, 0.5) is 22.0 Å². The van der Waals surface area contributed by atoms with E-state index in [4.69, 9.17) is 14.6 Å². The van der Waals surface area contributed by atoms with Crippen LogP contribution in [0.25, 0.3) is 16.5 Å². The molecular weight excluding hydrogens is 573 g/mol. The number of aromatic nitrogens is 4. The predicted molar refractivity (Wildman–Crippen MR) is 137 cm³/mol. The summed E-state index contributed by atoms with van der Waals surface area (Å²) in [6.45, 7) is 1.37. The lowest BCUT2D eigenvalue weighted by atomic mass is 10.1. The molecule has 3 N–H and O–H groups in total. The van der Waals surface area contributed by atoms with Gasteiger partial charge in [0.15, 0.2) is 23.6 Å². The zero-order valence-electron chi connectivity index (χ0n) is 22.1. The highest BCUT2D eigenvalue weighted by Gasteiger charge is 2.38. The summed E-state index contributed by atoms with van der Waals surface area (Å²) in [5.74, 6) is -5.55. The van der Waals surface area contributed by atoms with Crippen molar-refractivity contribution in [2.24, 2.45) is 0 Å². The Balaban J connectivity index is 1.87. The minimum absolute atomic E-state index is 0.00640. The molecule has 2 aromatic carbocycles. The third-order valence-corrected chi connectivity index (χ3v) is 6.04.